The largest absolute Gasteiger partial charge is 0.310 e. The maximum absolute atomic E-state index is 2.41. The lowest BCUT2D eigenvalue weighted by Gasteiger charge is -2.26. The van der Waals surface area contributed by atoms with Gasteiger partial charge in [-0.3, -0.25) is 0 Å². The summed E-state index contributed by atoms with van der Waals surface area (Å²) >= 11 is 1.86. The van der Waals surface area contributed by atoms with E-state index in [9.17, 15) is 0 Å². The predicted molar refractivity (Wildman–Crippen MR) is 268 cm³/mol. The summed E-state index contributed by atoms with van der Waals surface area (Å²) in [4.78, 5) is 2.41. The molecule has 0 amide bonds. The van der Waals surface area contributed by atoms with Gasteiger partial charge in [0.1, 0.15) is 0 Å². The summed E-state index contributed by atoms with van der Waals surface area (Å²) in [5, 5.41) is 10.1. The summed E-state index contributed by atoms with van der Waals surface area (Å²) < 4.78 is 2.59. The van der Waals surface area contributed by atoms with Crippen molar-refractivity contribution in [2.45, 2.75) is 0 Å². The van der Waals surface area contributed by atoms with E-state index in [1.165, 1.54) is 97.0 Å². The van der Waals surface area contributed by atoms with Crippen LogP contribution in [0.5, 0.6) is 0 Å². The third-order valence-electron chi connectivity index (χ3n) is 12.4. The SMILES string of the molecule is c1ccc(-c2ccc3cc(N(c4ccc(-c5ccc6c(c5)c(-c5ccccc5)c(-c5ccccc5)c5ccccc56)cc4)c4ccc5c(c4)sc4ccccc45)ccc3c2)cc1. The minimum Gasteiger partial charge on any atom is -0.310 e. The number of anilines is 3. The van der Waals surface area contributed by atoms with Crippen molar-refractivity contribution >= 4 is 80.9 Å². The maximum Gasteiger partial charge on any atom is 0.0476 e. The van der Waals surface area contributed by atoms with Gasteiger partial charge in [0.05, 0.1) is 0 Å². The number of benzene rings is 11. The Bertz CT molecular complexity index is 3610. The molecule has 1 nitrogen and oxygen atoms in total. The Balaban J connectivity index is 1.00. The highest BCUT2D eigenvalue weighted by Gasteiger charge is 2.19. The lowest BCUT2D eigenvalue weighted by atomic mass is 9.84. The second-order valence-corrected chi connectivity index (χ2v) is 17.1. The van der Waals surface area contributed by atoms with E-state index in [1.807, 2.05) is 11.3 Å². The molecule has 0 aliphatic heterocycles. The first kappa shape index (κ1) is 36.1. The maximum atomic E-state index is 2.41. The molecule has 0 spiro atoms. The molecule has 0 bridgehead atoms. The normalized spacial score (nSPS) is 11.5. The zero-order valence-corrected chi connectivity index (χ0v) is 34.7. The topological polar surface area (TPSA) is 3.24 Å². The van der Waals surface area contributed by atoms with E-state index in [2.05, 4.69) is 241 Å². The summed E-state index contributed by atoms with van der Waals surface area (Å²) in [5.41, 5.74) is 13.1. The van der Waals surface area contributed by atoms with E-state index < -0.39 is 0 Å². The van der Waals surface area contributed by atoms with Crippen molar-refractivity contribution in [3.8, 4) is 44.5 Å². The Labute approximate surface area is 365 Å². The van der Waals surface area contributed by atoms with E-state index in [-0.39, 0.29) is 0 Å². The van der Waals surface area contributed by atoms with Crippen molar-refractivity contribution in [1.82, 2.24) is 0 Å². The summed E-state index contributed by atoms with van der Waals surface area (Å²) in [7, 11) is 0. The first-order chi connectivity index (χ1) is 30.7. The van der Waals surface area contributed by atoms with Crippen LogP contribution in [0.4, 0.5) is 17.1 Å². The van der Waals surface area contributed by atoms with Gasteiger partial charge in [-0.05, 0) is 131 Å². The molecular formula is C60H39NS. The zero-order valence-electron chi connectivity index (χ0n) is 33.9. The summed E-state index contributed by atoms with van der Waals surface area (Å²) in [6.45, 7) is 0. The van der Waals surface area contributed by atoms with Gasteiger partial charge in [-0.15, -0.1) is 11.3 Å². The van der Waals surface area contributed by atoms with Gasteiger partial charge in [-0.1, -0.05) is 182 Å². The molecular weight excluding hydrogens is 767 g/mol. The Kier molecular flexibility index (Phi) is 8.76. The van der Waals surface area contributed by atoms with Gasteiger partial charge in [0, 0.05) is 37.2 Å². The van der Waals surface area contributed by atoms with Crippen LogP contribution in [0.2, 0.25) is 0 Å². The molecule has 0 aliphatic carbocycles. The summed E-state index contributed by atoms with van der Waals surface area (Å²) in [6.07, 6.45) is 0. The molecule has 1 aromatic heterocycles. The van der Waals surface area contributed by atoms with Crippen LogP contribution in [0, 0.1) is 0 Å². The second kappa shape index (κ2) is 15.0. The van der Waals surface area contributed by atoms with Crippen LogP contribution in [0.25, 0.3) is 97.0 Å². The second-order valence-electron chi connectivity index (χ2n) is 16.1. The van der Waals surface area contributed by atoms with E-state index in [0.717, 1.165) is 17.1 Å². The minimum absolute atomic E-state index is 1.11. The molecule has 0 atom stereocenters. The molecule has 1 heterocycles. The van der Waals surface area contributed by atoms with Gasteiger partial charge in [0.2, 0.25) is 0 Å². The van der Waals surface area contributed by atoms with Gasteiger partial charge in [-0.2, -0.15) is 0 Å². The smallest absolute Gasteiger partial charge is 0.0476 e. The Hall–Kier alpha value is -7.78. The molecule has 0 saturated heterocycles. The fourth-order valence-corrected chi connectivity index (χ4v) is 10.6. The molecule has 12 rings (SSSR count). The molecule has 2 heteroatoms. The predicted octanol–water partition coefficient (Wildman–Crippen LogP) is 17.7. The number of thiophene rings is 1. The molecule has 0 radical (unpaired) electrons. The molecule has 11 aromatic carbocycles. The van der Waals surface area contributed by atoms with E-state index in [0.29, 0.717) is 0 Å². The third kappa shape index (κ3) is 6.24. The standard InChI is InChI=1S/C60H39NS/c1-4-14-40(15-5-1)44-24-25-46-37-49(32-28-45(46)36-44)61(50-33-35-54-53-21-12-13-23-57(53)62-58(54)39-50)48-30-26-41(27-31-48)47-29-34-52-51-20-10-11-22-55(51)59(42-16-6-2-7-17-42)60(56(52)38-47)43-18-8-3-9-19-43/h1-39H. The lowest BCUT2D eigenvalue weighted by molar-refractivity contribution is 1.30. The molecule has 0 unspecified atom stereocenters. The molecule has 12 aromatic rings. The average molecular weight is 806 g/mol. The Morgan fingerprint density at radius 2 is 0.694 bits per heavy atom. The van der Waals surface area contributed by atoms with Crippen molar-refractivity contribution < 1.29 is 0 Å². The van der Waals surface area contributed by atoms with E-state index in [4.69, 9.17) is 0 Å². The van der Waals surface area contributed by atoms with Crippen molar-refractivity contribution in [3.63, 3.8) is 0 Å². The molecule has 62 heavy (non-hydrogen) atoms. The molecule has 0 aliphatic rings. The molecule has 0 N–H and O–H groups in total. The van der Waals surface area contributed by atoms with Crippen molar-refractivity contribution in [2.24, 2.45) is 0 Å². The Morgan fingerprint density at radius 1 is 0.242 bits per heavy atom. The van der Waals surface area contributed by atoms with Crippen LogP contribution in [0.3, 0.4) is 0 Å². The quantitative estimate of drug-likeness (QED) is 0.145. The third-order valence-corrected chi connectivity index (χ3v) is 13.6. The first-order valence-corrected chi connectivity index (χ1v) is 22.1. The van der Waals surface area contributed by atoms with Crippen molar-refractivity contribution in [1.29, 1.82) is 0 Å². The number of nitrogens with zero attached hydrogens (tertiary/aromatic N) is 1. The summed E-state index contributed by atoms with van der Waals surface area (Å²) in [5.74, 6) is 0. The molecule has 0 saturated carbocycles. The molecule has 0 fully saturated rings. The number of hydrogen-bond donors (Lipinski definition) is 0. The van der Waals surface area contributed by atoms with Crippen molar-refractivity contribution in [3.05, 3.63) is 237 Å². The van der Waals surface area contributed by atoms with Crippen LogP contribution in [-0.2, 0) is 0 Å². The highest BCUT2D eigenvalue weighted by molar-refractivity contribution is 7.25. The van der Waals surface area contributed by atoms with Gasteiger partial charge in [-0.25, -0.2) is 0 Å². The van der Waals surface area contributed by atoms with Gasteiger partial charge < -0.3 is 4.90 Å². The van der Waals surface area contributed by atoms with Crippen LogP contribution >= 0.6 is 11.3 Å². The zero-order chi connectivity index (χ0) is 41.0. The van der Waals surface area contributed by atoms with Gasteiger partial charge in [0.25, 0.3) is 0 Å². The number of fused-ring (bicyclic) bond motifs is 7. The van der Waals surface area contributed by atoms with Gasteiger partial charge >= 0.3 is 0 Å². The highest BCUT2D eigenvalue weighted by Crippen LogP contribution is 2.46. The fraction of sp³-hybridized carbons (Fsp3) is 0. The highest BCUT2D eigenvalue weighted by atomic mass is 32.1. The van der Waals surface area contributed by atoms with Crippen molar-refractivity contribution in [2.75, 3.05) is 4.90 Å². The van der Waals surface area contributed by atoms with Crippen LogP contribution < -0.4 is 4.90 Å². The van der Waals surface area contributed by atoms with Crippen LogP contribution in [0.15, 0.2) is 237 Å². The Morgan fingerprint density at radius 3 is 1.44 bits per heavy atom. The van der Waals surface area contributed by atoms with Crippen LogP contribution in [0.1, 0.15) is 0 Å². The fourth-order valence-electron chi connectivity index (χ4n) is 9.47. The summed E-state index contributed by atoms with van der Waals surface area (Å²) in [6, 6.07) is 86.7. The van der Waals surface area contributed by atoms with E-state index >= 15 is 0 Å². The van der Waals surface area contributed by atoms with Crippen LogP contribution in [-0.4, -0.2) is 0 Å². The van der Waals surface area contributed by atoms with E-state index in [1.54, 1.807) is 0 Å². The monoisotopic (exact) mass is 805 g/mol. The first-order valence-electron chi connectivity index (χ1n) is 21.2. The number of rotatable bonds is 7. The van der Waals surface area contributed by atoms with Gasteiger partial charge in [0.15, 0.2) is 0 Å². The minimum atomic E-state index is 1.11. The molecule has 290 valence electrons. The number of hydrogen-bond acceptors (Lipinski definition) is 2. The lowest BCUT2D eigenvalue weighted by Crippen LogP contribution is -2.09. The average Bonchev–Trinajstić information content (AvgIpc) is 3.72.